The number of benzene rings is 1. The van der Waals surface area contributed by atoms with Crippen LogP contribution in [-0.2, 0) is 14.6 Å². The number of hydrogen-bond acceptors (Lipinski definition) is 5. The predicted molar refractivity (Wildman–Crippen MR) is 78.3 cm³/mol. The zero-order valence-electron chi connectivity index (χ0n) is 12.1. The molecule has 0 spiro atoms. The van der Waals surface area contributed by atoms with Crippen molar-refractivity contribution in [2.24, 2.45) is 0 Å². The van der Waals surface area contributed by atoms with Gasteiger partial charge in [0.25, 0.3) is 0 Å². The van der Waals surface area contributed by atoms with E-state index in [0.717, 1.165) is 5.56 Å². The zero-order valence-corrected chi connectivity index (χ0v) is 12.9. The number of rotatable bonds is 5. The van der Waals surface area contributed by atoms with E-state index in [1.54, 1.807) is 19.1 Å². The molecule has 1 N–H and O–H groups in total. The Bertz CT molecular complexity index is 626. The molecule has 1 heterocycles. The number of sulfone groups is 1. The molecule has 1 amide bonds. The zero-order chi connectivity index (χ0) is 15.5. The van der Waals surface area contributed by atoms with Gasteiger partial charge in [0.2, 0.25) is 5.91 Å². The summed E-state index contributed by atoms with van der Waals surface area (Å²) in [6.45, 7) is 4.33. The van der Waals surface area contributed by atoms with Crippen LogP contribution in [0.2, 0.25) is 0 Å². The van der Waals surface area contributed by atoms with Gasteiger partial charge in [0, 0.05) is 5.75 Å². The molecule has 1 aliphatic rings. The maximum Gasteiger partial charge on any atom is 0.235 e. The minimum Gasteiger partial charge on any atom is -0.486 e. The van der Waals surface area contributed by atoms with E-state index in [2.05, 4.69) is 5.32 Å². The number of amides is 1. The van der Waals surface area contributed by atoms with E-state index in [9.17, 15) is 13.2 Å². The van der Waals surface area contributed by atoms with Gasteiger partial charge in [-0.25, -0.2) is 8.42 Å². The van der Waals surface area contributed by atoms with Gasteiger partial charge < -0.3 is 14.8 Å². The van der Waals surface area contributed by atoms with Crippen molar-refractivity contribution >= 4 is 15.7 Å². The van der Waals surface area contributed by atoms with Gasteiger partial charge in [-0.3, -0.25) is 4.79 Å². The second kappa shape index (κ2) is 6.34. The first-order valence-corrected chi connectivity index (χ1v) is 8.63. The molecule has 0 bridgehead atoms. The molecule has 1 unspecified atom stereocenters. The van der Waals surface area contributed by atoms with Gasteiger partial charge in [0.15, 0.2) is 21.3 Å². The summed E-state index contributed by atoms with van der Waals surface area (Å²) < 4.78 is 33.8. The summed E-state index contributed by atoms with van der Waals surface area (Å²) in [5.41, 5.74) is 0.835. The third-order valence-corrected chi connectivity index (χ3v) is 4.82. The molecular weight excluding hydrogens is 294 g/mol. The Morgan fingerprint density at radius 2 is 1.95 bits per heavy atom. The summed E-state index contributed by atoms with van der Waals surface area (Å²) in [5, 5.41) is 2.68. The largest absolute Gasteiger partial charge is 0.486 e. The van der Waals surface area contributed by atoms with Gasteiger partial charge in [-0.1, -0.05) is 13.0 Å². The maximum absolute atomic E-state index is 11.7. The van der Waals surface area contributed by atoms with Gasteiger partial charge in [-0.15, -0.1) is 0 Å². The minimum atomic E-state index is -3.32. The van der Waals surface area contributed by atoms with Gasteiger partial charge in [0.1, 0.15) is 19.0 Å². The first-order valence-electron chi connectivity index (χ1n) is 6.80. The van der Waals surface area contributed by atoms with Crippen molar-refractivity contribution in [2.45, 2.75) is 19.9 Å². The van der Waals surface area contributed by atoms with Gasteiger partial charge in [-0.05, 0) is 24.6 Å². The minimum absolute atomic E-state index is 0.0428. The predicted octanol–water partition coefficient (Wildman–Crippen LogP) is 1.07. The lowest BCUT2D eigenvalue weighted by atomic mass is 10.1. The van der Waals surface area contributed by atoms with E-state index in [0.29, 0.717) is 24.7 Å². The highest BCUT2D eigenvalue weighted by Gasteiger charge is 2.18. The average Bonchev–Trinajstić information content (AvgIpc) is 2.46. The number of carbonyl (C=O) groups is 1. The lowest BCUT2D eigenvalue weighted by Crippen LogP contribution is -2.33. The standard InChI is InChI=1S/C14H19NO5S/c1-3-21(17,18)9-14(16)15-10(2)11-4-5-12-13(8-11)20-7-6-19-12/h4-5,8,10H,3,6-7,9H2,1-2H3,(H,15,16). The molecule has 0 saturated carbocycles. The second-order valence-electron chi connectivity index (χ2n) is 4.87. The molecule has 1 aromatic rings. The quantitative estimate of drug-likeness (QED) is 0.879. The topological polar surface area (TPSA) is 81.7 Å². The molecule has 1 atom stereocenters. The molecule has 0 aromatic heterocycles. The van der Waals surface area contributed by atoms with Crippen molar-refractivity contribution in [2.75, 3.05) is 24.7 Å². The highest BCUT2D eigenvalue weighted by molar-refractivity contribution is 7.92. The highest BCUT2D eigenvalue weighted by atomic mass is 32.2. The smallest absolute Gasteiger partial charge is 0.235 e. The van der Waals surface area contributed by atoms with Crippen LogP contribution in [-0.4, -0.2) is 39.0 Å². The van der Waals surface area contributed by atoms with E-state index in [-0.39, 0.29) is 11.8 Å². The highest BCUT2D eigenvalue weighted by Crippen LogP contribution is 2.32. The molecule has 0 radical (unpaired) electrons. The van der Waals surface area contributed by atoms with Crippen molar-refractivity contribution in [1.82, 2.24) is 5.32 Å². The van der Waals surface area contributed by atoms with Crippen LogP contribution in [0.3, 0.4) is 0 Å². The Morgan fingerprint density at radius 3 is 2.62 bits per heavy atom. The molecule has 21 heavy (non-hydrogen) atoms. The summed E-state index contributed by atoms with van der Waals surface area (Å²) >= 11 is 0. The molecule has 1 aromatic carbocycles. The van der Waals surface area contributed by atoms with Crippen LogP contribution in [0, 0.1) is 0 Å². The average molecular weight is 313 g/mol. The molecular formula is C14H19NO5S. The molecule has 0 aliphatic carbocycles. The van der Waals surface area contributed by atoms with Crippen LogP contribution in [0.5, 0.6) is 11.5 Å². The first-order chi connectivity index (χ1) is 9.91. The maximum atomic E-state index is 11.7. The Morgan fingerprint density at radius 1 is 1.29 bits per heavy atom. The van der Waals surface area contributed by atoms with E-state index >= 15 is 0 Å². The Balaban J connectivity index is 2.03. The number of hydrogen-bond donors (Lipinski definition) is 1. The van der Waals surface area contributed by atoms with Crippen molar-refractivity contribution in [3.63, 3.8) is 0 Å². The van der Waals surface area contributed by atoms with E-state index in [1.165, 1.54) is 6.92 Å². The fraction of sp³-hybridized carbons (Fsp3) is 0.500. The molecule has 6 nitrogen and oxygen atoms in total. The molecule has 116 valence electrons. The molecule has 0 fully saturated rings. The molecule has 7 heteroatoms. The molecule has 2 rings (SSSR count). The monoisotopic (exact) mass is 313 g/mol. The summed E-state index contributed by atoms with van der Waals surface area (Å²) in [4.78, 5) is 11.7. The summed E-state index contributed by atoms with van der Waals surface area (Å²) in [7, 11) is -3.32. The second-order valence-corrected chi connectivity index (χ2v) is 7.22. The summed E-state index contributed by atoms with van der Waals surface area (Å²) in [5.74, 6) is 0.286. The number of fused-ring (bicyclic) bond motifs is 1. The fourth-order valence-electron chi connectivity index (χ4n) is 2.00. The third-order valence-electron chi connectivity index (χ3n) is 3.23. The summed E-state index contributed by atoms with van der Waals surface area (Å²) in [6, 6.07) is 5.11. The van der Waals surface area contributed by atoms with E-state index in [1.807, 2.05) is 6.07 Å². The SMILES string of the molecule is CCS(=O)(=O)CC(=O)NC(C)c1ccc2c(c1)OCCO2. The number of nitrogens with one attached hydrogen (secondary N) is 1. The van der Waals surface area contributed by atoms with Crippen LogP contribution in [0.15, 0.2) is 18.2 Å². The third kappa shape index (κ3) is 4.10. The van der Waals surface area contributed by atoms with Gasteiger partial charge in [-0.2, -0.15) is 0 Å². The van der Waals surface area contributed by atoms with Crippen LogP contribution < -0.4 is 14.8 Å². The first kappa shape index (κ1) is 15.6. The van der Waals surface area contributed by atoms with Crippen LogP contribution in [0.1, 0.15) is 25.5 Å². The van der Waals surface area contributed by atoms with Crippen LogP contribution >= 0.6 is 0 Å². The van der Waals surface area contributed by atoms with Crippen LogP contribution in [0.25, 0.3) is 0 Å². The van der Waals surface area contributed by atoms with Crippen LogP contribution in [0.4, 0.5) is 0 Å². The van der Waals surface area contributed by atoms with Crippen molar-refractivity contribution in [3.05, 3.63) is 23.8 Å². The Kier molecular flexibility index (Phi) is 4.72. The number of ether oxygens (including phenoxy) is 2. The van der Waals surface area contributed by atoms with Crippen molar-refractivity contribution in [3.8, 4) is 11.5 Å². The van der Waals surface area contributed by atoms with E-state index in [4.69, 9.17) is 9.47 Å². The van der Waals surface area contributed by atoms with Gasteiger partial charge in [0.05, 0.1) is 6.04 Å². The Labute approximate surface area is 124 Å². The van der Waals surface area contributed by atoms with Gasteiger partial charge >= 0.3 is 0 Å². The fourth-order valence-corrected chi connectivity index (χ4v) is 2.68. The number of carbonyl (C=O) groups excluding carboxylic acids is 1. The lowest BCUT2D eigenvalue weighted by Gasteiger charge is -2.21. The van der Waals surface area contributed by atoms with Crippen molar-refractivity contribution < 1.29 is 22.7 Å². The molecule has 0 saturated heterocycles. The van der Waals surface area contributed by atoms with E-state index < -0.39 is 21.5 Å². The lowest BCUT2D eigenvalue weighted by molar-refractivity contribution is -0.119. The normalized spacial score (nSPS) is 15.3. The van der Waals surface area contributed by atoms with Crippen molar-refractivity contribution in [1.29, 1.82) is 0 Å². The Hall–Kier alpha value is -1.76. The molecule has 1 aliphatic heterocycles. The summed E-state index contributed by atoms with van der Waals surface area (Å²) in [6.07, 6.45) is 0.